The number of ketones is 1. The first-order valence-corrected chi connectivity index (χ1v) is 40.5. The van der Waals surface area contributed by atoms with Gasteiger partial charge in [-0.25, -0.2) is 0 Å². The Kier molecular flexibility index (Phi) is 52.3. The summed E-state index contributed by atoms with van der Waals surface area (Å²) in [6.07, 6.45) is -6.18. The van der Waals surface area contributed by atoms with Crippen LogP contribution in [0.4, 0.5) is 0 Å². The monoisotopic (exact) mass is 1650 g/mol. The van der Waals surface area contributed by atoms with Crippen molar-refractivity contribution in [2.24, 2.45) is 5.41 Å². The number of Topliss-reactive ketones (excluding diaryl/α,β-unsaturated/α-hetero) is 1. The molecule has 3 heterocycles. The number of hydrogen-bond acceptors (Lipinski definition) is 29. The third kappa shape index (κ3) is 44.3. The van der Waals surface area contributed by atoms with Gasteiger partial charge >= 0.3 is 0 Å². The van der Waals surface area contributed by atoms with Crippen LogP contribution in [0.5, 0.6) is 0 Å². The number of amides is 10. The van der Waals surface area contributed by atoms with Crippen LogP contribution in [-0.4, -0.2) is 327 Å². The van der Waals surface area contributed by atoms with Crippen LogP contribution in [0.15, 0.2) is 0 Å². The second kappa shape index (κ2) is 58.5. The van der Waals surface area contributed by atoms with Crippen molar-refractivity contribution < 1.29 is 141 Å². The molecule has 19 N–H and O–H groups in total. The van der Waals surface area contributed by atoms with Gasteiger partial charge in [-0.2, -0.15) is 0 Å². The molecule has 3 rings (SSSR count). The number of nitrogens with one attached hydrogen (secondary N) is 10. The first-order valence-electron chi connectivity index (χ1n) is 40.5. The Morgan fingerprint density at radius 3 is 0.861 bits per heavy atom. The molecule has 15 atom stereocenters. The van der Waals surface area contributed by atoms with E-state index >= 15 is 0 Å². The van der Waals surface area contributed by atoms with Gasteiger partial charge in [-0.3, -0.25) is 52.7 Å². The highest BCUT2D eigenvalue weighted by Gasteiger charge is 2.48. The summed E-state index contributed by atoms with van der Waals surface area (Å²) in [4.78, 5) is 139. The Morgan fingerprint density at radius 2 is 0.583 bits per heavy atom. The van der Waals surface area contributed by atoms with Crippen molar-refractivity contribution in [1.29, 1.82) is 0 Å². The predicted molar refractivity (Wildman–Crippen MR) is 411 cm³/mol. The molecule has 0 saturated carbocycles. The molecule has 0 aromatic heterocycles. The molecule has 0 radical (unpaired) electrons. The van der Waals surface area contributed by atoms with E-state index in [0.29, 0.717) is 77.0 Å². The van der Waals surface area contributed by atoms with E-state index in [9.17, 15) is 98.7 Å². The molecule has 0 spiro atoms. The topological polar surface area (TPSA) is 573 Å². The molecule has 39 nitrogen and oxygen atoms in total. The molecule has 15 unspecified atom stereocenters. The second-order valence-corrected chi connectivity index (χ2v) is 30.6. The average molecular weight is 1650 g/mol. The molecule has 3 saturated heterocycles. The highest BCUT2D eigenvalue weighted by Crippen LogP contribution is 2.27. The minimum Gasteiger partial charge on any atom is -0.394 e. The highest BCUT2D eigenvalue weighted by molar-refractivity contribution is 5.80. The maximum absolute atomic E-state index is 14.0. The Balaban J connectivity index is 1.57. The molecule has 0 aromatic rings. The first kappa shape index (κ1) is 103. The quantitative estimate of drug-likeness (QED) is 0.0262. The summed E-state index contributed by atoms with van der Waals surface area (Å²) in [5, 5.41) is 118. The number of ether oxygens (including phenoxy) is 9. The van der Waals surface area contributed by atoms with E-state index in [1.165, 1.54) is 20.8 Å². The summed E-state index contributed by atoms with van der Waals surface area (Å²) in [5.41, 5.74) is -1.50. The number of aliphatic hydroxyl groups is 9. The largest absolute Gasteiger partial charge is 0.394 e. The first-order chi connectivity index (χ1) is 54.8. The van der Waals surface area contributed by atoms with E-state index in [2.05, 4.69) is 53.2 Å². The zero-order valence-corrected chi connectivity index (χ0v) is 68.0. The molecule has 0 bridgehead atoms. The summed E-state index contributed by atoms with van der Waals surface area (Å²) >= 11 is 0. The van der Waals surface area contributed by atoms with E-state index in [0.717, 1.165) is 32.1 Å². The number of unbranched alkanes of at least 4 members (excludes halogenated alkanes) is 8. The van der Waals surface area contributed by atoms with Crippen LogP contribution in [0.25, 0.3) is 0 Å². The van der Waals surface area contributed by atoms with Gasteiger partial charge in [0.2, 0.25) is 59.1 Å². The van der Waals surface area contributed by atoms with Gasteiger partial charge < -0.3 is 142 Å². The molecule has 3 aliphatic heterocycles. The van der Waals surface area contributed by atoms with E-state index in [1.54, 1.807) is 0 Å². The molecular formula is C76H136N10O29. The SMILES string of the molecule is CC(=O)NC1C(OCCCCC(=O)NCCCNC(=O)CCOCC(COCCC(=O)NCCCNC(=O)CCCCOC2OC(CO)C(O)C(O)C2NC(C)=O)(COCCC(=O)NCCCNC(=O)CCCCOC2OC(CO)C(O)C(O)C2NC(C)=O)NC(=O)CCCCCCCCC(=O)CC(C)(C)C)OC(CO)C(O)C1O. The van der Waals surface area contributed by atoms with Crippen molar-refractivity contribution in [2.45, 2.75) is 293 Å². The van der Waals surface area contributed by atoms with Gasteiger partial charge in [-0.1, -0.05) is 46.5 Å². The molecule has 10 amide bonds. The highest BCUT2D eigenvalue weighted by atomic mass is 16.7. The van der Waals surface area contributed by atoms with Gasteiger partial charge in [0.05, 0.1) is 59.5 Å². The zero-order chi connectivity index (χ0) is 85.1. The molecule has 3 aliphatic rings. The van der Waals surface area contributed by atoms with Gasteiger partial charge in [-0.05, 0) is 76.0 Å². The van der Waals surface area contributed by atoms with Gasteiger partial charge in [0.1, 0.15) is 84.4 Å². The minimum absolute atomic E-state index is 0.0782. The van der Waals surface area contributed by atoms with Crippen molar-refractivity contribution in [1.82, 2.24) is 53.2 Å². The molecule has 0 aromatic carbocycles. The second-order valence-electron chi connectivity index (χ2n) is 30.6. The number of rotatable bonds is 62. The molecule has 3 fully saturated rings. The van der Waals surface area contributed by atoms with E-state index < -0.39 is 135 Å². The van der Waals surface area contributed by atoms with E-state index in [1.807, 2.05) is 20.8 Å². The molecule has 39 heteroatoms. The predicted octanol–water partition coefficient (Wildman–Crippen LogP) is -3.55. The van der Waals surface area contributed by atoms with E-state index in [4.69, 9.17) is 42.6 Å². The van der Waals surface area contributed by atoms with Crippen molar-refractivity contribution in [3.63, 3.8) is 0 Å². The van der Waals surface area contributed by atoms with E-state index in [-0.39, 0.29) is 196 Å². The van der Waals surface area contributed by atoms with Crippen LogP contribution in [-0.2, 0) is 95.4 Å². The summed E-state index contributed by atoms with van der Waals surface area (Å²) in [6.45, 7) is 8.51. The lowest BCUT2D eigenvalue weighted by Crippen LogP contribution is -2.64. The fraction of sp³-hybridized carbons (Fsp3) is 0.855. The maximum atomic E-state index is 14.0. The molecule has 0 aliphatic carbocycles. The van der Waals surface area contributed by atoms with Crippen molar-refractivity contribution >= 4 is 64.9 Å². The third-order valence-corrected chi connectivity index (χ3v) is 18.8. The Hall–Kier alpha value is -6.35. The normalized spacial score (nSPS) is 24.0. The Morgan fingerprint density at radius 1 is 0.322 bits per heavy atom. The molecular weight excluding hydrogens is 1520 g/mol. The van der Waals surface area contributed by atoms with Crippen LogP contribution in [0.1, 0.15) is 196 Å². The van der Waals surface area contributed by atoms with Crippen LogP contribution in [0.3, 0.4) is 0 Å². The smallest absolute Gasteiger partial charge is 0.222 e. The number of hydrogen-bond donors (Lipinski definition) is 19. The van der Waals surface area contributed by atoms with Gasteiger partial charge in [-0.15, -0.1) is 0 Å². The minimum atomic E-state index is -1.46. The zero-order valence-electron chi connectivity index (χ0n) is 68.0. The van der Waals surface area contributed by atoms with Crippen molar-refractivity contribution in [2.75, 3.05) is 119 Å². The van der Waals surface area contributed by atoms with Crippen LogP contribution >= 0.6 is 0 Å². The summed E-state index contributed by atoms with van der Waals surface area (Å²) < 4.78 is 52.2. The summed E-state index contributed by atoms with van der Waals surface area (Å²) in [6, 6.07) is -3.28. The third-order valence-electron chi connectivity index (χ3n) is 18.8. The standard InChI is InChI=1S/C76H136N10O29/c1-49(90)83-63-69(104)66(101)53(43-87)113-72(63)110-36-16-13-23-56(94)77-30-19-33-80-59(97)27-39-107-46-76(86-62(100)26-12-10-8-7-9-11-22-52(93)42-75(4,5)6,47-108-40-28-60(98)81-34-20-31-78-57(95)24-14-17-37-111-73-64(84-50(2)91)70(105)67(102)54(44-88)114-73)48-109-41-29-61(99)82-35-21-32-79-58(96)25-15-18-38-112-74-65(85-51(3)92)71(106)68(103)55(45-89)115-74/h53-55,63-74,87-89,101-106H,7-48H2,1-6H3,(H,77,94)(H,78,95)(H,79,96)(H,80,97)(H,81,98)(H,82,99)(H,83,90)(H,84,91)(H,85,92)(H,86,100). The fourth-order valence-electron chi connectivity index (χ4n) is 12.6. The lowest BCUT2D eigenvalue weighted by atomic mass is 9.88. The Labute approximate surface area is 674 Å². The molecule has 664 valence electrons. The van der Waals surface area contributed by atoms with Gasteiger partial charge in [0.25, 0.3) is 0 Å². The average Bonchev–Trinajstić information content (AvgIpc) is 0.818. The summed E-state index contributed by atoms with van der Waals surface area (Å²) in [5.74, 6) is -3.47. The number of carbonyl (C=O) groups is 11. The van der Waals surface area contributed by atoms with Crippen LogP contribution in [0.2, 0.25) is 0 Å². The van der Waals surface area contributed by atoms with Crippen molar-refractivity contribution in [3.05, 3.63) is 0 Å². The number of aliphatic hydroxyl groups excluding tert-OH is 9. The molecule has 115 heavy (non-hydrogen) atoms. The van der Waals surface area contributed by atoms with Crippen molar-refractivity contribution in [3.8, 4) is 0 Å². The van der Waals surface area contributed by atoms with Gasteiger partial charge in [0, 0.05) is 138 Å². The van der Waals surface area contributed by atoms with Crippen LogP contribution < -0.4 is 53.2 Å². The van der Waals surface area contributed by atoms with Crippen LogP contribution in [0, 0.1) is 5.41 Å². The maximum Gasteiger partial charge on any atom is 0.222 e. The lowest BCUT2D eigenvalue weighted by Gasteiger charge is -2.42. The fourth-order valence-corrected chi connectivity index (χ4v) is 12.6. The van der Waals surface area contributed by atoms with Gasteiger partial charge in [0.15, 0.2) is 18.9 Å². The number of carbonyl (C=O) groups excluding carboxylic acids is 11. The lowest BCUT2D eigenvalue weighted by molar-refractivity contribution is -0.270. The summed E-state index contributed by atoms with van der Waals surface area (Å²) in [7, 11) is 0. The Bertz CT molecular complexity index is 2610.